The third-order valence-corrected chi connectivity index (χ3v) is 3.86. The van der Waals surface area contributed by atoms with Crippen molar-refractivity contribution in [2.75, 3.05) is 13.7 Å². The zero-order valence-electron chi connectivity index (χ0n) is 16.3. The van der Waals surface area contributed by atoms with Gasteiger partial charge in [0.05, 0.1) is 6.10 Å². The van der Waals surface area contributed by atoms with E-state index in [1.54, 1.807) is 40.0 Å². The van der Waals surface area contributed by atoms with Crippen LogP contribution in [0.15, 0.2) is 24.3 Å². The molecule has 2 N–H and O–H groups in total. The lowest BCUT2D eigenvalue weighted by molar-refractivity contribution is -0.124. The number of halogens is 1. The molecule has 0 saturated carbocycles. The molecule has 1 rings (SSSR count). The molecule has 0 spiro atoms. The Morgan fingerprint density at radius 3 is 2.19 bits per heavy atom. The largest absolute Gasteiger partial charge is 0.444 e. The number of hydrogen-bond acceptors (Lipinski definition) is 4. The quantitative estimate of drug-likeness (QED) is 0.751. The minimum Gasteiger partial charge on any atom is -0.444 e. The van der Waals surface area contributed by atoms with E-state index in [0.29, 0.717) is 5.02 Å². The number of alkyl carbamates (subject to hydrolysis) is 1. The van der Waals surface area contributed by atoms with Crippen molar-refractivity contribution in [3.05, 3.63) is 34.9 Å². The number of carbonyl (C=O) groups is 2. The molecule has 0 bridgehead atoms. The Balaban J connectivity index is 2.68. The summed E-state index contributed by atoms with van der Waals surface area (Å²) < 4.78 is 10.7. The first-order chi connectivity index (χ1) is 12.0. The Kier molecular flexibility index (Phi) is 8.37. The summed E-state index contributed by atoms with van der Waals surface area (Å²) in [5, 5.41) is 6.09. The SMILES string of the molecule is COC(CNC(=O)C(NC(=O)OC(C)(C)C)C(C)C)c1ccc(Cl)cc1. The van der Waals surface area contributed by atoms with Gasteiger partial charge in [-0.05, 0) is 44.4 Å². The van der Waals surface area contributed by atoms with Gasteiger partial charge in [-0.2, -0.15) is 0 Å². The second kappa shape index (κ2) is 9.78. The fraction of sp³-hybridized carbons (Fsp3) is 0.579. The zero-order valence-corrected chi connectivity index (χ0v) is 17.0. The van der Waals surface area contributed by atoms with Crippen molar-refractivity contribution in [1.82, 2.24) is 10.6 Å². The molecule has 2 amide bonds. The van der Waals surface area contributed by atoms with Crippen LogP contribution in [0.3, 0.4) is 0 Å². The van der Waals surface area contributed by atoms with Crippen molar-refractivity contribution in [3.63, 3.8) is 0 Å². The molecule has 146 valence electrons. The second-order valence-electron chi connectivity index (χ2n) is 7.39. The number of rotatable bonds is 7. The first kappa shape index (κ1) is 22.3. The molecule has 0 saturated heterocycles. The van der Waals surface area contributed by atoms with Crippen LogP contribution in [0.2, 0.25) is 5.02 Å². The van der Waals surface area contributed by atoms with E-state index < -0.39 is 17.7 Å². The minimum atomic E-state index is -0.701. The normalized spacial score (nSPS) is 13.8. The molecule has 0 aliphatic carbocycles. The molecule has 0 heterocycles. The summed E-state index contributed by atoms with van der Waals surface area (Å²) in [5.41, 5.74) is 0.274. The Bertz CT molecular complexity index is 597. The van der Waals surface area contributed by atoms with E-state index in [2.05, 4.69) is 10.6 Å². The van der Waals surface area contributed by atoms with Crippen molar-refractivity contribution in [2.45, 2.75) is 52.4 Å². The molecular formula is C19H29ClN2O4. The summed E-state index contributed by atoms with van der Waals surface area (Å²) in [4.78, 5) is 24.5. The maximum atomic E-state index is 12.5. The average molecular weight is 385 g/mol. The summed E-state index contributed by atoms with van der Waals surface area (Å²) in [5.74, 6) is -0.388. The van der Waals surface area contributed by atoms with Crippen molar-refractivity contribution >= 4 is 23.6 Å². The summed E-state index contributed by atoms with van der Waals surface area (Å²) >= 11 is 5.90. The van der Waals surface area contributed by atoms with E-state index in [0.717, 1.165) is 5.56 Å². The predicted octanol–water partition coefficient (Wildman–Crippen LogP) is 3.69. The van der Waals surface area contributed by atoms with E-state index in [9.17, 15) is 9.59 Å². The molecule has 2 atom stereocenters. The lowest BCUT2D eigenvalue weighted by Gasteiger charge is -2.26. The van der Waals surface area contributed by atoms with Crippen molar-refractivity contribution in [2.24, 2.45) is 5.92 Å². The van der Waals surface area contributed by atoms with Gasteiger partial charge in [0.25, 0.3) is 0 Å². The van der Waals surface area contributed by atoms with Gasteiger partial charge in [-0.15, -0.1) is 0 Å². The number of amides is 2. The van der Waals surface area contributed by atoms with Gasteiger partial charge in [0.1, 0.15) is 11.6 Å². The molecule has 1 aromatic carbocycles. The molecule has 0 aromatic heterocycles. The molecule has 0 fully saturated rings. The second-order valence-corrected chi connectivity index (χ2v) is 7.83. The van der Waals surface area contributed by atoms with Crippen LogP contribution in [-0.4, -0.2) is 37.3 Å². The van der Waals surface area contributed by atoms with Crippen LogP contribution in [0.25, 0.3) is 0 Å². The van der Waals surface area contributed by atoms with Gasteiger partial charge in [-0.25, -0.2) is 4.79 Å². The van der Waals surface area contributed by atoms with Crippen molar-refractivity contribution < 1.29 is 19.1 Å². The van der Waals surface area contributed by atoms with Gasteiger partial charge in [-0.3, -0.25) is 4.79 Å². The third kappa shape index (κ3) is 7.62. The number of methoxy groups -OCH3 is 1. The van der Waals surface area contributed by atoms with Gasteiger partial charge in [0, 0.05) is 18.7 Å². The van der Waals surface area contributed by atoms with E-state index in [-0.39, 0.29) is 24.5 Å². The van der Waals surface area contributed by atoms with Crippen LogP contribution in [0.4, 0.5) is 4.79 Å². The monoisotopic (exact) mass is 384 g/mol. The fourth-order valence-electron chi connectivity index (χ4n) is 2.29. The standard InChI is InChI=1S/C19H29ClN2O4/c1-12(2)16(22-18(24)26-19(3,4)5)17(23)21-11-15(25-6)13-7-9-14(20)10-8-13/h7-10,12,15-16H,11H2,1-6H3,(H,21,23)(H,22,24). The highest BCUT2D eigenvalue weighted by molar-refractivity contribution is 6.30. The van der Waals surface area contributed by atoms with Crippen molar-refractivity contribution in [3.8, 4) is 0 Å². The highest BCUT2D eigenvalue weighted by Crippen LogP contribution is 2.18. The average Bonchev–Trinajstić information content (AvgIpc) is 2.52. The summed E-state index contributed by atoms with van der Waals surface area (Å²) in [6, 6.07) is 6.54. The van der Waals surface area contributed by atoms with Gasteiger partial charge in [0.2, 0.25) is 5.91 Å². The Morgan fingerprint density at radius 1 is 1.15 bits per heavy atom. The number of hydrogen-bond donors (Lipinski definition) is 2. The maximum Gasteiger partial charge on any atom is 0.408 e. The van der Waals surface area contributed by atoms with E-state index >= 15 is 0 Å². The van der Waals surface area contributed by atoms with E-state index in [1.807, 2.05) is 26.0 Å². The summed E-state index contributed by atoms with van der Waals surface area (Å²) in [7, 11) is 1.57. The lowest BCUT2D eigenvalue weighted by Crippen LogP contribution is -2.51. The lowest BCUT2D eigenvalue weighted by atomic mass is 10.0. The first-order valence-corrected chi connectivity index (χ1v) is 8.96. The molecule has 6 nitrogen and oxygen atoms in total. The number of nitrogens with one attached hydrogen (secondary N) is 2. The molecule has 0 radical (unpaired) electrons. The molecule has 0 aliphatic heterocycles. The van der Waals surface area contributed by atoms with Crippen LogP contribution in [0.1, 0.15) is 46.3 Å². The smallest absolute Gasteiger partial charge is 0.408 e. The minimum absolute atomic E-state index is 0.0981. The Morgan fingerprint density at radius 2 is 1.73 bits per heavy atom. The zero-order chi connectivity index (χ0) is 19.9. The number of benzene rings is 1. The topological polar surface area (TPSA) is 76.7 Å². The predicted molar refractivity (Wildman–Crippen MR) is 102 cm³/mol. The van der Waals surface area contributed by atoms with Gasteiger partial charge in [-0.1, -0.05) is 37.6 Å². The highest BCUT2D eigenvalue weighted by atomic mass is 35.5. The molecule has 1 aromatic rings. The van der Waals surface area contributed by atoms with Crippen LogP contribution in [-0.2, 0) is 14.3 Å². The van der Waals surface area contributed by atoms with Gasteiger partial charge < -0.3 is 20.1 Å². The van der Waals surface area contributed by atoms with Crippen molar-refractivity contribution in [1.29, 1.82) is 0 Å². The molecule has 7 heteroatoms. The van der Waals surface area contributed by atoms with E-state index in [4.69, 9.17) is 21.1 Å². The Hall–Kier alpha value is -1.79. The molecular weight excluding hydrogens is 356 g/mol. The summed E-state index contributed by atoms with van der Waals surface area (Å²) in [6.07, 6.45) is -0.933. The van der Waals surface area contributed by atoms with Gasteiger partial charge in [0.15, 0.2) is 0 Å². The molecule has 26 heavy (non-hydrogen) atoms. The van der Waals surface area contributed by atoms with Gasteiger partial charge >= 0.3 is 6.09 Å². The molecule has 0 aliphatic rings. The number of ether oxygens (including phenoxy) is 2. The molecule has 2 unspecified atom stereocenters. The first-order valence-electron chi connectivity index (χ1n) is 8.59. The van der Waals surface area contributed by atoms with E-state index in [1.165, 1.54) is 0 Å². The number of carbonyl (C=O) groups excluding carboxylic acids is 2. The third-order valence-electron chi connectivity index (χ3n) is 3.61. The fourth-order valence-corrected chi connectivity index (χ4v) is 2.41. The maximum absolute atomic E-state index is 12.5. The highest BCUT2D eigenvalue weighted by Gasteiger charge is 2.27. The van der Waals surface area contributed by atoms with Crippen LogP contribution in [0.5, 0.6) is 0 Å². The summed E-state index contributed by atoms with van der Waals surface area (Å²) in [6.45, 7) is 9.30. The van der Waals surface area contributed by atoms with Crippen LogP contribution >= 0.6 is 11.6 Å². The Labute approximate surface area is 160 Å². The van der Waals surface area contributed by atoms with Crippen LogP contribution in [0, 0.1) is 5.92 Å². The van der Waals surface area contributed by atoms with Crippen LogP contribution < -0.4 is 10.6 Å².